The Hall–Kier alpha value is -6.91. The van der Waals surface area contributed by atoms with E-state index in [1.807, 2.05) is 18.2 Å². The lowest BCUT2D eigenvalue weighted by molar-refractivity contribution is 0.670. The maximum atomic E-state index is 6.67. The molecular weight excluding hydrogens is 623 g/mol. The van der Waals surface area contributed by atoms with Gasteiger partial charge in [-0.05, 0) is 68.6 Å². The molecule has 0 saturated heterocycles. The van der Waals surface area contributed by atoms with Crippen LogP contribution in [0.4, 0.5) is 0 Å². The smallest absolute Gasteiger partial charge is 0.164 e. The molecular formula is C47H29N3O. The van der Waals surface area contributed by atoms with E-state index >= 15 is 0 Å². The number of nitrogens with zero attached hydrogens (tertiary/aromatic N) is 3. The number of fused-ring (bicyclic) bond motifs is 5. The van der Waals surface area contributed by atoms with Crippen LogP contribution in [-0.4, -0.2) is 15.0 Å². The van der Waals surface area contributed by atoms with E-state index < -0.39 is 0 Å². The van der Waals surface area contributed by atoms with Crippen molar-refractivity contribution in [1.82, 2.24) is 15.0 Å². The quantitative estimate of drug-likeness (QED) is 0.186. The molecule has 4 nitrogen and oxygen atoms in total. The van der Waals surface area contributed by atoms with Gasteiger partial charge in [-0.15, -0.1) is 0 Å². The maximum absolute atomic E-state index is 6.67. The molecule has 0 unspecified atom stereocenters. The molecule has 10 aromatic rings. The van der Waals surface area contributed by atoms with Crippen molar-refractivity contribution in [1.29, 1.82) is 0 Å². The van der Waals surface area contributed by atoms with Crippen molar-refractivity contribution in [2.45, 2.75) is 0 Å². The number of hydrogen-bond acceptors (Lipinski definition) is 4. The monoisotopic (exact) mass is 651 g/mol. The summed E-state index contributed by atoms with van der Waals surface area (Å²) in [5, 5.41) is 6.73. The van der Waals surface area contributed by atoms with Crippen molar-refractivity contribution in [2.75, 3.05) is 0 Å². The van der Waals surface area contributed by atoms with Gasteiger partial charge >= 0.3 is 0 Å². The molecule has 10 rings (SSSR count). The van der Waals surface area contributed by atoms with Gasteiger partial charge < -0.3 is 4.42 Å². The molecule has 2 aromatic heterocycles. The molecule has 0 atom stereocenters. The average molecular weight is 652 g/mol. The normalized spacial score (nSPS) is 11.5. The highest BCUT2D eigenvalue weighted by molar-refractivity contribution is 6.12. The third-order valence-electron chi connectivity index (χ3n) is 9.72. The number of hydrogen-bond donors (Lipinski definition) is 0. The molecule has 0 bridgehead atoms. The van der Waals surface area contributed by atoms with Crippen molar-refractivity contribution in [3.05, 3.63) is 176 Å². The Labute approximate surface area is 294 Å². The van der Waals surface area contributed by atoms with Gasteiger partial charge in [0.25, 0.3) is 0 Å². The fourth-order valence-electron chi connectivity index (χ4n) is 7.13. The molecule has 0 saturated carbocycles. The molecule has 0 amide bonds. The lowest BCUT2D eigenvalue weighted by atomic mass is 9.94. The van der Waals surface area contributed by atoms with Crippen LogP contribution in [0.2, 0.25) is 0 Å². The minimum absolute atomic E-state index is 0.584. The van der Waals surface area contributed by atoms with Crippen LogP contribution >= 0.6 is 0 Å². The molecule has 0 radical (unpaired) electrons. The predicted molar refractivity (Wildman–Crippen MR) is 209 cm³/mol. The Morgan fingerprint density at radius 3 is 1.51 bits per heavy atom. The number of aromatic nitrogens is 3. The summed E-state index contributed by atoms with van der Waals surface area (Å²) < 4.78 is 6.67. The van der Waals surface area contributed by atoms with E-state index in [1.165, 1.54) is 16.3 Å². The molecule has 0 aliphatic carbocycles. The molecule has 238 valence electrons. The van der Waals surface area contributed by atoms with Gasteiger partial charge in [-0.2, -0.15) is 0 Å². The van der Waals surface area contributed by atoms with Crippen molar-refractivity contribution in [3.63, 3.8) is 0 Å². The second kappa shape index (κ2) is 11.9. The Morgan fingerprint density at radius 2 is 0.843 bits per heavy atom. The van der Waals surface area contributed by atoms with Gasteiger partial charge in [0.2, 0.25) is 0 Å². The summed E-state index contributed by atoms with van der Waals surface area (Å²) in [6.07, 6.45) is 0. The van der Waals surface area contributed by atoms with E-state index in [1.54, 1.807) is 0 Å². The zero-order valence-electron chi connectivity index (χ0n) is 27.5. The van der Waals surface area contributed by atoms with Gasteiger partial charge in [0.05, 0.1) is 0 Å². The molecule has 0 N–H and O–H groups in total. The Morgan fingerprint density at radius 1 is 0.333 bits per heavy atom. The third kappa shape index (κ3) is 5.13. The Kier molecular flexibility index (Phi) is 6.78. The van der Waals surface area contributed by atoms with Gasteiger partial charge in [0, 0.05) is 33.0 Å². The minimum Gasteiger partial charge on any atom is -0.455 e. The minimum atomic E-state index is 0.584. The molecule has 2 heterocycles. The van der Waals surface area contributed by atoms with Crippen molar-refractivity contribution in [3.8, 4) is 56.4 Å². The summed E-state index contributed by atoms with van der Waals surface area (Å²) in [7, 11) is 0. The largest absolute Gasteiger partial charge is 0.455 e. The molecule has 0 spiro atoms. The van der Waals surface area contributed by atoms with Crippen molar-refractivity contribution >= 4 is 43.5 Å². The first kappa shape index (κ1) is 29.0. The van der Waals surface area contributed by atoms with Gasteiger partial charge in [-0.25, -0.2) is 15.0 Å². The van der Waals surface area contributed by atoms with E-state index in [2.05, 4.69) is 158 Å². The molecule has 4 heteroatoms. The van der Waals surface area contributed by atoms with Crippen molar-refractivity contribution in [2.24, 2.45) is 0 Å². The number of rotatable bonds is 5. The summed E-state index contributed by atoms with van der Waals surface area (Å²) in [5.41, 5.74) is 8.67. The number of benzene rings is 8. The first-order valence-electron chi connectivity index (χ1n) is 17.1. The van der Waals surface area contributed by atoms with Crippen LogP contribution in [0.3, 0.4) is 0 Å². The van der Waals surface area contributed by atoms with Crippen LogP contribution in [0.1, 0.15) is 0 Å². The SMILES string of the molecule is c1ccc(-c2ccc(-c3c(-c4nc(-c5ccc6ccccc6c5)nc(-c5ccc6ccccc6c5)n4)ccc4c3oc3ccccc34)cc2)cc1. The molecule has 51 heavy (non-hydrogen) atoms. The maximum Gasteiger partial charge on any atom is 0.164 e. The second-order valence-corrected chi connectivity index (χ2v) is 12.8. The van der Waals surface area contributed by atoms with Crippen molar-refractivity contribution < 1.29 is 4.42 Å². The van der Waals surface area contributed by atoms with Gasteiger partial charge in [0.15, 0.2) is 17.5 Å². The number of furan rings is 1. The lowest BCUT2D eigenvalue weighted by Gasteiger charge is -2.14. The summed E-state index contributed by atoms with van der Waals surface area (Å²) in [5.74, 6) is 1.81. The van der Waals surface area contributed by atoms with E-state index in [0.29, 0.717) is 17.5 Å². The summed E-state index contributed by atoms with van der Waals surface area (Å²) in [4.78, 5) is 15.5. The van der Waals surface area contributed by atoms with Crippen LogP contribution in [-0.2, 0) is 0 Å². The van der Waals surface area contributed by atoms with E-state index in [0.717, 1.165) is 66.1 Å². The third-order valence-corrected chi connectivity index (χ3v) is 9.72. The fourth-order valence-corrected chi connectivity index (χ4v) is 7.13. The zero-order valence-corrected chi connectivity index (χ0v) is 27.5. The van der Waals surface area contributed by atoms with Crippen LogP contribution in [0, 0.1) is 0 Å². The number of para-hydroxylation sites is 1. The van der Waals surface area contributed by atoms with Crippen LogP contribution in [0.5, 0.6) is 0 Å². The highest BCUT2D eigenvalue weighted by atomic mass is 16.3. The topological polar surface area (TPSA) is 51.8 Å². The molecule has 0 aliphatic rings. The first-order valence-corrected chi connectivity index (χ1v) is 17.1. The van der Waals surface area contributed by atoms with Crippen LogP contribution in [0.15, 0.2) is 180 Å². The van der Waals surface area contributed by atoms with E-state index in [9.17, 15) is 0 Å². The molecule has 0 fully saturated rings. The summed E-state index contributed by atoms with van der Waals surface area (Å²) >= 11 is 0. The highest BCUT2D eigenvalue weighted by Crippen LogP contribution is 2.42. The highest BCUT2D eigenvalue weighted by Gasteiger charge is 2.21. The van der Waals surface area contributed by atoms with Gasteiger partial charge in [0.1, 0.15) is 11.2 Å². The zero-order chi connectivity index (χ0) is 33.7. The van der Waals surface area contributed by atoms with E-state index in [-0.39, 0.29) is 0 Å². The van der Waals surface area contributed by atoms with E-state index in [4.69, 9.17) is 19.4 Å². The Bertz CT molecular complexity index is 2810. The van der Waals surface area contributed by atoms with Gasteiger partial charge in [-0.1, -0.05) is 146 Å². The average Bonchev–Trinajstić information content (AvgIpc) is 3.59. The first-order chi connectivity index (χ1) is 25.2. The standard InChI is InChI=1S/C47H29N3O/c1-2-10-30(11-3-1)33-18-22-34(23-19-33)43-41(27-26-40-39-16-8-9-17-42(39)51-44(40)43)47-49-45(37-24-20-31-12-4-6-14-35(31)28-37)48-46(50-47)38-25-21-32-13-5-7-15-36(32)29-38/h1-29H. The Balaban J connectivity index is 1.23. The fraction of sp³-hybridized carbons (Fsp3) is 0. The van der Waals surface area contributed by atoms with Crippen LogP contribution in [0.25, 0.3) is 99.9 Å². The van der Waals surface area contributed by atoms with Gasteiger partial charge in [-0.3, -0.25) is 0 Å². The lowest BCUT2D eigenvalue weighted by Crippen LogP contribution is -2.01. The van der Waals surface area contributed by atoms with Crippen LogP contribution < -0.4 is 0 Å². The summed E-state index contributed by atoms with van der Waals surface area (Å²) in [6.45, 7) is 0. The summed E-state index contributed by atoms with van der Waals surface area (Å²) in [6, 6.07) is 61.1. The molecule has 0 aliphatic heterocycles. The second-order valence-electron chi connectivity index (χ2n) is 12.8. The predicted octanol–water partition coefficient (Wildman–Crippen LogP) is 12.4. The molecule has 8 aromatic carbocycles.